The van der Waals surface area contributed by atoms with Crippen LogP contribution in [-0.4, -0.2) is 59.7 Å². The molecule has 0 bridgehead atoms. The smallest absolute Gasteiger partial charge is 0.194 e. The Morgan fingerprint density at radius 2 is 0.509 bits per heavy atom. The Kier molecular flexibility index (Phi) is 11.7. The Labute approximate surface area is 300 Å². The molecule has 0 saturated heterocycles. The molecule has 0 fully saturated rings. The van der Waals surface area contributed by atoms with Gasteiger partial charge in [-0.25, -0.2) is 0 Å². The zero-order valence-corrected chi connectivity index (χ0v) is 27.2. The van der Waals surface area contributed by atoms with Crippen LogP contribution in [0, 0.1) is 0 Å². The molecule has 3 aromatic rings. The minimum atomic E-state index is -8.67. The van der Waals surface area contributed by atoms with Crippen molar-refractivity contribution in [1.82, 2.24) is 0 Å². The number of hydrogen-bond acceptors (Lipinski definition) is 0. The summed E-state index contributed by atoms with van der Waals surface area (Å²) < 4.78 is 364. The lowest BCUT2D eigenvalue weighted by molar-refractivity contribution is -0.442. The van der Waals surface area contributed by atoms with Gasteiger partial charge in [-0.3, -0.25) is 0 Å². The van der Waals surface area contributed by atoms with Gasteiger partial charge in [0.05, 0.1) is 0 Å². The minimum Gasteiger partial charge on any atom is -0.194 e. The lowest BCUT2D eigenvalue weighted by Gasteiger charge is -2.41. The summed E-state index contributed by atoms with van der Waals surface area (Å²) in [5.74, 6) is -83.4. The molecule has 0 N–H and O–H groups in total. The third kappa shape index (κ3) is 6.91. The second-order valence-electron chi connectivity index (χ2n) is 11.5. The number of rotatable bonds is 13. The summed E-state index contributed by atoms with van der Waals surface area (Å²) >= 11 is 0. The topological polar surface area (TPSA) is 0 Å². The highest BCUT2D eigenvalue weighted by molar-refractivity contribution is 7.79. The molecule has 0 aliphatic rings. The van der Waals surface area contributed by atoms with Gasteiger partial charge in [-0.15, -0.1) is 0 Å². The third-order valence-electron chi connectivity index (χ3n) is 7.80. The van der Waals surface area contributed by atoms with Gasteiger partial charge in [0.15, 0.2) is 0 Å². The number of alkyl halides is 26. The first-order valence-corrected chi connectivity index (χ1v) is 15.5. The van der Waals surface area contributed by atoms with Crippen LogP contribution in [0.25, 0.3) is 0 Å². The highest BCUT2D eigenvalue weighted by atomic mass is 31.1. The molecular formula is C30H13F26P. The fraction of sp³-hybridized carbons (Fsp3) is 0.400. The van der Waals surface area contributed by atoms with Crippen molar-refractivity contribution >= 4 is 23.8 Å². The zero-order chi connectivity index (χ0) is 44.7. The molecule has 0 aromatic heterocycles. The van der Waals surface area contributed by atoms with E-state index in [-0.39, 0.29) is 0 Å². The van der Waals surface area contributed by atoms with Crippen LogP contribution in [-0.2, 0) is 11.8 Å². The van der Waals surface area contributed by atoms with Crippen LogP contribution in [0.4, 0.5) is 114 Å². The predicted molar refractivity (Wildman–Crippen MR) is 145 cm³/mol. The van der Waals surface area contributed by atoms with Crippen molar-refractivity contribution in [1.29, 1.82) is 0 Å². The van der Waals surface area contributed by atoms with E-state index in [1.165, 1.54) is 0 Å². The van der Waals surface area contributed by atoms with Crippen LogP contribution in [0.3, 0.4) is 0 Å². The van der Waals surface area contributed by atoms with E-state index in [1.54, 1.807) is 0 Å². The largest absolute Gasteiger partial charge is 0.460 e. The lowest BCUT2D eigenvalue weighted by atomic mass is 9.87. The second kappa shape index (κ2) is 13.9. The van der Waals surface area contributed by atoms with Crippen LogP contribution in [0.5, 0.6) is 0 Å². The summed E-state index contributed by atoms with van der Waals surface area (Å²) in [7, 11) is -3.18. The summed E-state index contributed by atoms with van der Waals surface area (Å²) in [6, 6.07) is 6.41. The minimum absolute atomic E-state index is 0.449. The molecule has 0 nitrogen and oxygen atoms in total. The van der Waals surface area contributed by atoms with E-state index in [2.05, 4.69) is 0 Å². The highest BCUT2D eigenvalue weighted by Crippen LogP contribution is 2.64. The molecule has 0 amide bonds. The van der Waals surface area contributed by atoms with Gasteiger partial charge >= 0.3 is 71.6 Å². The van der Waals surface area contributed by atoms with Gasteiger partial charge in [0, 0.05) is 11.1 Å². The van der Waals surface area contributed by atoms with Crippen molar-refractivity contribution < 1.29 is 114 Å². The maximum Gasteiger partial charge on any atom is 0.460 e. The van der Waals surface area contributed by atoms with Crippen molar-refractivity contribution in [3.63, 3.8) is 0 Å². The molecular weight excluding hydrogens is 885 g/mol. The zero-order valence-electron chi connectivity index (χ0n) is 26.3. The normalized spacial score (nSPS) is 15.4. The number of benzene rings is 3. The monoisotopic (exact) mass is 898 g/mol. The standard InChI is InChI=1S/C30H13F26P/c31-19(32,21(35,36)23(39,40)25(43,44)27(47,48)29(51,52)53)14-11-15(13-18(12-14)57(16-7-3-1-4-8-16)17-9-5-2-6-10-17)20(33,34)22(37,38)24(41,42)26(45,46)28(49,50)30(54,55)56/h1-13H. The molecule has 0 radical (unpaired) electrons. The summed E-state index contributed by atoms with van der Waals surface area (Å²) in [5.41, 5.74) is -7.09. The molecule has 0 saturated carbocycles. The van der Waals surface area contributed by atoms with Crippen LogP contribution < -0.4 is 15.9 Å². The summed E-state index contributed by atoms with van der Waals surface area (Å²) in [4.78, 5) is 0. The first-order chi connectivity index (χ1) is 25.2. The quantitative estimate of drug-likeness (QED) is 0.118. The Hall–Kier alpha value is -3.73. The molecule has 0 aliphatic carbocycles. The van der Waals surface area contributed by atoms with Crippen LogP contribution in [0.15, 0.2) is 78.9 Å². The van der Waals surface area contributed by atoms with E-state index in [9.17, 15) is 96.6 Å². The van der Waals surface area contributed by atoms with Gasteiger partial charge < -0.3 is 0 Å². The Bertz CT molecular complexity index is 1750. The molecule has 0 atom stereocenters. The Morgan fingerprint density at radius 1 is 0.263 bits per heavy atom. The molecule has 0 unspecified atom stereocenters. The van der Waals surface area contributed by atoms with Gasteiger partial charge in [0.1, 0.15) is 0 Å². The van der Waals surface area contributed by atoms with E-state index in [4.69, 9.17) is 0 Å². The van der Waals surface area contributed by atoms with E-state index in [0.29, 0.717) is 0 Å². The Balaban J connectivity index is 2.53. The maximum atomic E-state index is 15.5. The second-order valence-corrected chi connectivity index (χ2v) is 13.7. The molecule has 0 aliphatic heterocycles. The number of hydrogen-bond donors (Lipinski definition) is 0. The lowest BCUT2D eigenvalue weighted by Crippen LogP contribution is -2.69. The highest BCUT2D eigenvalue weighted by Gasteiger charge is 2.92. The molecule has 3 rings (SSSR count). The van der Waals surface area contributed by atoms with Crippen molar-refractivity contribution in [3.8, 4) is 0 Å². The summed E-state index contributed by atoms with van der Waals surface area (Å²) in [6.45, 7) is 0. The van der Waals surface area contributed by atoms with E-state index >= 15 is 17.6 Å². The molecule has 3 aromatic carbocycles. The van der Waals surface area contributed by atoms with Gasteiger partial charge in [-0.1, -0.05) is 60.7 Å². The Morgan fingerprint density at radius 3 is 0.754 bits per heavy atom. The maximum absolute atomic E-state index is 15.5. The fourth-order valence-corrected chi connectivity index (χ4v) is 6.98. The summed E-state index contributed by atoms with van der Waals surface area (Å²) in [5, 5.41) is -2.60. The van der Waals surface area contributed by atoms with Crippen molar-refractivity contribution in [2.75, 3.05) is 0 Å². The van der Waals surface area contributed by atoms with Crippen molar-refractivity contribution in [3.05, 3.63) is 90.0 Å². The van der Waals surface area contributed by atoms with E-state index in [0.717, 1.165) is 60.7 Å². The molecule has 0 spiro atoms. The predicted octanol–water partition coefficient (Wildman–Crippen LogP) is 11.8. The fourth-order valence-electron chi connectivity index (χ4n) is 4.61. The molecule has 320 valence electrons. The molecule has 57 heavy (non-hydrogen) atoms. The van der Waals surface area contributed by atoms with Crippen molar-refractivity contribution in [2.45, 2.75) is 71.6 Å². The van der Waals surface area contributed by atoms with Crippen molar-refractivity contribution in [2.24, 2.45) is 0 Å². The van der Waals surface area contributed by atoms with Gasteiger partial charge in [-0.05, 0) is 42.0 Å². The van der Waals surface area contributed by atoms with Gasteiger partial charge in [-0.2, -0.15) is 114 Å². The third-order valence-corrected chi connectivity index (χ3v) is 10.2. The van der Waals surface area contributed by atoms with Crippen LogP contribution in [0.2, 0.25) is 0 Å². The SMILES string of the molecule is FC(F)(F)C(F)(F)C(F)(F)C(F)(F)C(F)(F)C(F)(F)c1cc(P(c2ccccc2)c2ccccc2)cc(C(F)(F)C(F)(F)C(F)(F)C(F)(F)C(F)(F)C(F)(F)F)c1. The average Bonchev–Trinajstić information content (AvgIpc) is 3.07. The first-order valence-electron chi connectivity index (χ1n) is 14.1. The average molecular weight is 898 g/mol. The summed E-state index contributed by atoms with van der Waals surface area (Å²) in [6.07, 6.45) is -15.9. The van der Waals surface area contributed by atoms with Gasteiger partial charge in [0.2, 0.25) is 0 Å². The van der Waals surface area contributed by atoms with Crippen LogP contribution in [0.1, 0.15) is 11.1 Å². The molecule has 27 heteroatoms. The van der Waals surface area contributed by atoms with E-state index < -0.39 is 125 Å². The first kappa shape index (κ1) is 47.6. The van der Waals surface area contributed by atoms with E-state index in [1.807, 2.05) is 0 Å². The van der Waals surface area contributed by atoms with Gasteiger partial charge in [0.25, 0.3) is 0 Å². The number of halogens is 26. The van der Waals surface area contributed by atoms with Crippen LogP contribution >= 0.6 is 7.92 Å². The molecule has 0 heterocycles.